The number of hydrogen-bond donors (Lipinski definition) is 0. The van der Waals surface area contributed by atoms with E-state index in [0.717, 1.165) is 63.0 Å². The van der Waals surface area contributed by atoms with Crippen molar-refractivity contribution < 1.29 is 14.3 Å². The van der Waals surface area contributed by atoms with Gasteiger partial charge in [0.2, 0.25) is 0 Å². The highest BCUT2D eigenvalue weighted by atomic mass is 16.5. The first kappa shape index (κ1) is 19.3. The van der Waals surface area contributed by atoms with E-state index in [1.165, 1.54) is 0 Å². The molecule has 1 aromatic heterocycles. The topological polar surface area (TPSA) is 54.9 Å². The van der Waals surface area contributed by atoms with Gasteiger partial charge in [-0.2, -0.15) is 0 Å². The fourth-order valence-electron chi connectivity index (χ4n) is 4.36. The summed E-state index contributed by atoms with van der Waals surface area (Å²) in [5.74, 6) is 0.0693. The Balaban J connectivity index is 1.36. The van der Waals surface area contributed by atoms with Gasteiger partial charge in [0, 0.05) is 44.4 Å². The highest BCUT2D eigenvalue weighted by molar-refractivity contribution is 5.97. The van der Waals surface area contributed by atoms with Crippen molar-refractivity contribution in [1.29, 1.82) is 0 Å². The summed E-state index contributed by atoms with van der Waals surface area (Å²) in [5.41, 5.74) is 1.50. The summed E-state index contributed by atoms with van der Waals surface area (Å²) in [6.07, 6.45) is 4.53. The van der Waals surface area contributed by atoms with Gasteiger partial charge in [-0.3, -0.25) is 14.7 Å². The number of benzene rings is 1. The molecule has 1 atom stereocenters. The lowest BCUT2D eigenvalue weighted by molar-refractivity contribution is -0.0393. The van der Waals surface area contributed by atoms with Gasteiger partial charge in [0.15, 0.2) is 0 Å². The van der Waals surface area contributed by atoms with Crippen LogP contribution in [0, 0.1) is 0 Å². The Bertz CT molecular complexity index is 833. The average Bonchev–Trinajstić information content (AvgIpc) is 3.15. The number of carbonyl (C=O) groups excluding carboxylic acids is 1. The molecule has 0 bridgehead atoms. The molecule has 1 amide bonds. The van der Waals surface area contributed by atoms with Gasteiger partial charge in [0.1, 0.15) is 0 Å². The van der Waals surface area contributed by atoms with E-state index in [0.29, 0.717) is 11.6 Å². The average molecular weight is 383 g/mol. The van der Waals surface area contributed by atoms with Crippen LogP contribution in [-0.4, -0.2) is 79.3 Å². The molecule has 2 fully saturated rings. The molecule has 2 aliphatic rings. The van der Waals surface area contributed by atoms with Crippen molar-refractivity contribution in [2.24, 2.45) is 0 Å². The Morgan fingerprint density at radius 1 is 1.36 bits per heavy atom. The predicted molar refractivity (Wildman–Crippen MR) is 108 cm³/mol. The molecule has 0 radical (unpaired) electrons. The van der Waals surface area contributed by atoms with E-state index in [1.54, 1.807) is 13.3 Å². The second-order valence-corrected chi connectivity index (χ2v) is 8.03. The molecule has 6 nitrogen and oxygen atoms in total. The summed E-state index contributed by atoms with van der Waals surface area (Å²) in [5, 5.41) is 1.00. The van der Waals surface area contributed by atoms with Crippen molar-refractivity contribution >= 4 is 16.8 Å². The lowest BCUT2D eigenvalue weighted by Gasteiger charge is -2.39. The van der Waals surface area contributed by atoms with Crippen LogP contribution in [0.3, 0.4) is 0 Å². The van der Waals surface area contributed by atoms with Crippen molar-refractivity contribution in [2.45, 2.75) is 30.9 Å². The van der Waals surface area contributed by atoms with Crippen LogP contribution in [-0.2, 0) is 9.47 Å². The van der Waals surface area contributed by atoms with Gasteiger partial charge in [0.05, 0.1) is 29.9 Å². The summed E-state index contributed by atoms with van der Waals surface area (Å²) >= 11 is 0. The fraction of sp³-hybridized carbons (Fsp3) is 0.545. The maximum Gasteiger partial charge on any atom is 0.255 e. The molecule has 4 rings (SSSR count). The van der Waals surface area contributed by atoms with Gasteiger partial charge in [-0.05, 0) is 38.4 Å². The van der Waals surface area contributed by atoms with E-state index in [2.05, 4.69) is 16.9 Å². The number of nitrogens with zero attached hydrogens (tertiary/aromatic N) is 3. The maximum absolute atomic E-state index is 13.0. The van der Waals surface area contributed by atoms with Crippen LogP contribution in [0.15, 0.2) is 36.5 Å². The van der Waals surface area contributed by atoms with E-state index < -0.39 is 0 Å². The van der Waals surface area contributed by atoms with Crippen LogP contribution in [0.4, 0.5) is 0 Å². The van der Waals surface area contributed by atoms with E-state index in [9.17, 15) is 4.79 Å². The van der Waals surface area contributed by atoms with E-state index in [-0.39, 0.29) is 11.5 Å². The summed E-state index contributed by atoms with van der Waals surface area (Å²) in [6.45, 7) is 3.89. The summed E-state index contributed by atoms with van der Waals surface area (Å²) in [6, 6.07) is 10.3. The zero-order valence-electron chi connectivity index (χ0n) is 16.8. The third-order valence-electron chi connectivity index (χ3n) is 6.26. The van der Waals surface area contributed by atoms with Crippen LogP contribution in [0.1, 0.15) is 29.6 Å². The van der Waals surface area contributed by atoms with Crippen molar-refractivity contribution in [2.75, 3.05) is 47.0 Å². The first-order valence-electron chi connectivity index (χ1n) is 10.1. The molecule has 1 unspecified atom stereocenters. The van der Waals surface area contributed by atoms with Gasteiger partial charge < -0.3 is 14.4 Å². The Kier molecular flexibility index (Phi) is 5.62. The van der Waals surface area contributed by atoms with Crippen LogP contribution in [0.2, 0.25) is 0 Å². The number of ether oxygens (including phenoxy) is 2. The Labute approximate surface area is 166 Å². The summed E-state index contributed by atoms with van der Waals surface area (Å²) in [4.78, 5) is 21.7. The predicted octanol–water partition coefficient (Wildman–Crippen LogP) is 2.58. The maximum atomic E-state index is 13.0. The molecule has 150 valence electrons. The molecule has 1 spiro atoms. The summed E-state index contributed by atoms with van der Waals surface area (Å²) in [7, 11) is 3.87. The highest BCUT2D eigenvalue weighted by Gasteiger charge is 2.44. The minimum atomic E-state index is -0.0790. The first-order chi connectivity index (χ1) is 13.6. The lowest BCUT2D eigenvalue weighted by atomic mass is 9.87. The Morgan fingerprint density at radius 2 is 2.14 bits per heavy atom. The molecule has 2 aromatic rings. The second kappa shape index (κ2) is 8.15. The van der Waals surface area contributed by atoms with Gasteiger partial charge in [0.25, 0.3) is 5.91 Å². The highest BCUT2D eigenvalue weighted by Crippen LogP contribution is 2.37. The van der Waals surface area contributed by atoms with Gasteiger partial charge in [-0.1, -0.05) is 18.2 Å². The number of para-hydroxylation sites is 1. The molecular formula is C22H29N3O3. The molecular weight excluding hydrogens is 354 g/mol. The molecule has 3 heterocycles. The number of likely N-dealkylation sites (N-methyl/N-ethyl adjacent to an activating group) is 1. The van der Waals surface area contributed by atoms with E-state index >= 15 is 0 Å². The normalized spacial score (nSPS) is 21.7. The molecule has 2 aliphatic heterocycles. The quantitative estimate of drug-likeness (QED) is 0.794. The Hall–Kier alpha value is -2.02. The molecule has 1 aromatic carbocycles. The number of methoxy groups -OCH3 is 1. The number of carbonyl (C=O) groups is 1. The molecule has 2 saturated heterocycles. The van der Waals surface area contributed by atoms with Crippen molar-refractivity contribution in [1.82, 2.24) is 14.8 Å². The number of fused-ring (bicyclic) bond motifs is 1. The third kappa shape index (κ3) is 3.90. The van der Waals surface area contributed by atoms with Crippen LogP contribution >= 0.6 is 0 Å². The molecule has 28 heavy (non-hydrogen) atoms. The standard InChI is InChI=1S/C22H29N3O3/c1-24(11-12-27-2)19-14-22(28-16-19)7-9-25(10-8-22)21(26)18-13-17-5-3-4-6-20(17)23-15-18/h3-6,13,15,19H,7-12,14,16H2,1-2H3. The number of rotatable bonds is 5. The zero-order valence-corrected chi connectivity index (χ0v) is 16.8. The number of pyridine rings is 1. The largest absolute Gasteiger partial charge is 0.383 e. The van der Waals surface area contributed by atoms with Crippen LogP contribution in [0.25, 0.3) is 10.9 Å². The molecule has 0 N–H and O–H groups in total. The summed E-state index contributed by atoms with van der Waals surface area (Å²) < 4.78 is 11.4. The number of aromatic nitrogens is 1. The number of likely N-dealkylation sites (tertiary alicyclic amines) is 1. The monoisotopic (exact) mass is 383 g/mol. The smallest absolute Gasteiger partial charge is 0.255 e. The lowest BCUT2D eigenvalue weighted by Crippen LogP contribution is -2.47. The molecule has 6 heteroatoms. The second-order valence-electron chi connectivity index (χ2n) is 8.03. The molecule has 0 saturated carbocycles. The van der Waals surface area contributed by atoms with Gasteiger partial charge >= 0.3 is 0 Å². The van der Waals surface area contributed by atoms with Crippen LogP contribution < -0.4 is 0 Å². The SMILES string of the molecule is COCCN(C)C1COC2(CCN(C(=O)c3cnc4ccccc4c3)CC2)C1. The molecule has 0 aliphatic carbocycles. The first-order valence-corrected chi connectivity index (χ1v) is 10.1. The van der Waals surface area contributed by atoms with Crippen molar-refractivity contribution in [3.63, 3.8) is 0 Å². The van der Waals surface area contributed by atoms with Crippen molar-refractivity contribution in [3.8, 4) is 0 Å². The van der Waals surface area contributed by atoms with Gasteiger partial charge in [-0.15, -0.1) is 0 Å². The number of hydrogen-bond acceptors (Lipinski definition) is 5. The van der Waals surface area contributed by atoms with E-state index in [1.807, 2.05) is 35.2 Å². The van der Waals surface area contributed by atoms with Crippen molar-refractivity contribution in [3.05, 3.63) is 42.1 Å². The zero-order chi connectivity index (χ0) is 19.6. The number of piperidine rings is 1. The third-order valence-corrected chi connectivity index (χ3v) is 6.26. The minimum Gasteiger partial charge on any atom is -0.383 e. The number of amides is 1. The Morgan fingerprint density at radius 3 is 2.93 bits per heavy atom. The minimum absolute atomic E-state index is 0.0693. The van der Waals surface area contributed by atoms with E-state index in [4.69, 9.17) is 9.47 Å². The van der Waals surface area contributed by atoms with Crippen LogP contribution in [0.5, 0.6) is 0 Å². The van der Waals surface area contributed by atoms with Gasteiger partial charge in [-0.25, -0.2) is 0 Å². The fourth-order valence-corrected chi connectivity index (χ4v) is 4.36.